The summed E-state index contributed by atoms with van der Waals surface area (Å²) in [5.74, 6) is -0.593. The maximum absolute atomic E-state index is 13.0. The normalized spacial score (nSPS) is 11.2. The molecule has 2 aromatic rings. The highest BCUT2D eigenvalue weighted by Crippen LogP contribution is 2.31. The smallest absolute Gasteiger partial charge is 0.267 e. The average molecular weight is 261 g/mol. The summed E-state index contributed by atoms with van der Waals surface area (Å²) in [7, 11) is 1.54. The number of nitrogens with zero attached hydrogens (tertiary/aromatic N) is 2. The van der Waals surface area contributed by atoms with Crippen LogP contribution in [0.25, 0.3) is 11.3 Å². The Labute approximate surface area is 101 Å². The quantitative estimate of drug-likeness (QED) is 0.803. The molecule has 2 nitrogen and oxygen atoms in total. The molecule has 0 atom stereocenters. The van der Waals surface area contributed by atoms with E-state index in [4.69, 9.17) is 11.6 Å². The van der Waals surface area contributed by atoms with Gasteiger partial charge in [0, 0.05) is 18.8 Å². The van der Waals surface area contributed by atoms with Crippen LogP contribution >= 0.6 is 11.6 Å². The number of rotatable bonds is 2. The van der Waals surface area contributed by atoms with E-state index in [1.807, 2.05) is 0 Å². The number of aryl methyl sites for hydroxylation is 1. The second-order valence-corrected chi connectivity index (χ2v) is 3.94. The first-order valence-electron chi connectivity index (χ1n) is 4.76. The first-order valence-corrected chi connectivity index (χ1v) is 5.14. The van der Waals surface area contributed by atoms with E-state index in [9.17, 15) is 13.2 Å². The second kappa shape index (κ2) is 4.41. The SMILES string of the molecule is Cn1cc(C(F)F)c(-c2ccc(F)c(Cl)c2)n1. The van der Waals surface area contributed by atoms with E-state index in [-0.39, 0.29) is 16.3 Å². The van der Waals surface area contributed by atoms with E-state index in [1.54, 1.807) is 7.05 Å². The van der Waals surface area contributed by atoms with Crippen molar-refractivity contribution in [2.45, 2.75) is 6.43 Å². The molecule has 0 aliphatic carbocycles. The monoisotopic (exact) mass is 260 g/mol. The van der Waals surface area contributed by atoms with Crippen LogP contribution in [0.1, 0.15) is 12.0 Å². The minimum absolute atomic E-state index is 0.115. The van der Waals surface area contributed by atoms with E-state index in [2.05, 4.69) is 5.10 Å². The summed E-state index contributed by atoms with van der Waals surface area (Å²) >= 11 is 5.61. The van der Waals surface area contributed by atoms with Gasteiger partial charge in [0.2, 0.25) is 0 Å². The zero-order chi connectivity index (χ0) is 12.6. The molecular formula is C11H8ClF3N2. The number of hydrogen-bond donors (Lipinski definition) is 0. The Morgan fingerprint density at radius 2 is 2.06 bits per heavy atom. The van der Waals surface area contributed by atoms with Crippen LogP contribution < -0.4 is 0 Å². The molecule has 90 valence electrons. The van der Waals surface area contributed by atoms with E-state index < -0.39 is 12.2 Å². The molecule has 0 N–H and O–H groups in total. The third kappa shape index (κ3) is 2.29. The van der Waals surface area contributed by atoms with Crippen LogP contribution in [0.15, 0.2) is 24.4 Å². The summed E-state index contributed by atoms with van der Waals surface area (Å²) in [6, 6.07) is 3.78. The van der Waals surface area contributed by atoms with Crippen molar-refractivity contribution in [2.24, 2.45) is 7.05 Å². The number of hydrogen-bond acceptors (Lipinski definition) is 1. The van der Waals surface area contributed by atoms with Gasteiger partial charge < -0.3 is 0 Å². The minimum atomic E-state index is -2.64. The molecular weight excluding hydrogens is 253 g/mol. The second-order valence-electron chi connectivity index (χ2n) is 3.54. The Morgan fingerprint density at radius 3 is 2.65 bits per heavy atom. The van der Waals surface area contributed by atoms with Crippen molar-refractivity contribution in [1.82, 2.24) is 9.78 Å². The van der Waals surface area contributed by atoms with Gasteiger partial charge in [0.1, 0.15) is 11.5 Å². The molecule has 0 unspecified atom stereocenters. The van der Waals surface area contributed by atoms with Crippen LogP contribution in [-0.2, 0) is 7.05 Å². The number of alkyl halides is 2. The average Bonchev–Trinajstić information content (AvgIpc) is 2.64. The Hall–Kier alpha value is -1.49. The highest BCUT2D eigenvalue weighted by atomic mass is 35.5. The zero-order valence-corrected chi connectivity index (χ0v) is 9.55. The van der Waals surface area contributed by atoms with Crippen molar-refractivity contribution >= 4 is 11.6 Å². The Morgan fingerprint density at radius 1 is 1.35 bits per heavy atom. The highest BCUT2D eigenvalue weighted by Gasteiger charge is 2.18. The molecule has 0 saturated heterocycles. The Balaban J connectivity index is 2.55. The summed E-state index contributed by atoms with van der Waals surface area (Å²) in [5.41, 5.74) is 0.284. The lowest BCUT2D eigenvalue weighted by Gasteiger charge is -2.02. The Kier molecular flexibility index (Phi) is 3.11. The fourth-order valence-electron chi connectivity index (χ4n) is 1.53. The third-order valence-electron chi connectivity index (χ3n) is 2.29. The summed E-state index contributed by atoms with van der Waals surface area (Å²) < 4.78 is 39.8. The number of halogens is 4. The maximum atomic E-state index is 13.0. The predicted molar refractivity (Wildman–Crippen MR) is 58.6 cm³/mol. The molecule has 0 spiro atoms. The molecule has 0 saturated carbocycles. The molecule has 0 fully saturated rings. The van der Waals surface area contributed by atoms with E-state index in [1.165, 1.54) is 23.0 Å². The van der Waals surface area contributed by atoms with Gasteiger partial charge in [0.15, 0.2) is 0 Å². The first-order chi connectivity index (χ1) is 7.99. The van der Waals surface area contributed by atoms with Crippen LogP contribution in [0.4, 0.5) is 13.2 Å². The van der Waals surface area contributed by atoms with Crippen molar-refractivity contribution in [3.8, 4) is 11.3 Å². The fourth-order valence-corrected chi connectivity index (χ4v) is 1.71. The van der Waals surface area contributed by atoms with E-state index in [0.29, 0.717) is 5.56 Å². The lowest BCUT2D eigenvalue weighted by atomic mass is 10.1. The standard InChI is InChI=1S/C11H8ClF3N2/c1-17-5-7(11(14)15)10(16-17)6-2-3-9(13)8(12)4-6/h2-5,11H,1H3. The van der Waals surface area contributed by atoms with Gasteiger partial charge in [-0.05, 0) is 18.2 Å². The van der Waals surface area contributed by atoms with Crippen molar-refractivity contribution in [3.05, 3.63) is 40.8 Å². The summed E-state index contributed by atoms with van der Waals surface area (Å²) in [6.45, 7) is 0. The van der Waals surface area contributed by atoms with E-state index in [0.717, 1.165) is 6.07 Å². The van der Waals surface area contributed by atoms with Crippen LogP contribution in [0, 0.1) is 5.82 Å². The topological polar surface area (TPSA) is 17.8 Å². The minimum Gasteiger partial charge on any atom is -0.275 e. The zero-order valence-electron chi connectivity index (χ0n) is 8.79. The number of aromatic nitrogens is 2. The van der Waals surface area contributed by atoms with Gasteiger partial charge in [-0.2, -0.15) is 5.10 Å². The van der Waals surface area contributed by atoms with Gasteiger partial charge >= 0.3 is 0 Å². The molecule has 17 heavy (non-hydrogen) atoms. The molecule has 2 rings (SSSR count). The molecule has 1 aromatic heterocycles. The Bertz CT molecular complexity index is 552. The highest BCUT2D eigenvalue weighted by molar-refractivity contribution is 6.31. The van der Waals surface area contributed by atoms with Crippen LogP contribution in [0.2, 0.25) is 5.02 Å². The third-order valence-corrected chi connectivity index (χ3v) is 2.57. The molecule has 0 aliphatic heterocycles. The van der Waals surface area contributed by atoms with Gasteiger partial charge in [-0.25, -0.2) is 13.2 Å². The number of benzene rings is 1. The van der Waals surface area contributed by atoms with E-state index >= 15 is 0 Å². The van der Waals surface area contributed by atoms with Crippen LogP contribution in [0.5, 0.6) is 0 Å². The summed E-state index contributed by atoms with van der Waals surface area (Å²) in [5, 5.41) is 3.81. The maximum Gasteiger partial charge on any atom is 0.267 e. The van der Waals surface area contributed by atoms with Crippen molar-refractivity contribution < 1.29 is 13.2 Å². The molecule has 0 bridgehead atoms. The van der Waals surface area contributed by atoms with Crippen molar-refractivity contribution in [2.75, 3.05) is 0 Å². The van der Waals surface area contributed by atoms with Gasteiger partial charge in [-0.15, -0.1) is 0 Å². The first kappa shape index (κ1) is 12.0. The fraction of sp³-hybridized carbons (Fsp3) is 0.182. The summed E-state index contributed by atoms with van der Waals surface area (Å²) in [6.07, 6.45) is -1.40. The molecule has 6 heteroatoms. The largest absolute Gasteiger partial charge is 0.275 e. The molecule has 0 amide bonds. The van der Waals surface area contributed by atoms with Gasteiger partial charge in [-0.1, -0.05) is 11.6 Å². The van der Waals surface area contributed by atoms with Gasteiger partial charge in [0.25, 0.3) is 6.43 Å². The predicted octanol–water partition coefficient (Wildman–Crippen LogP) is 3.82. The lowest BCUT2D eigenvalue weighted by molar-refractivity contribution is 0.152. The van der Waals surface area contributed by atoms with Gasteiger partial charge in [-0.3, -0.25) is 4.68 Å². The lowest BCUT2D eigenvalue weighted by Crippen LogP contribution is -1.89. The van der Waals surface area contributed by atoms with Crippen molar-refractivity contribution in [1.29, 1.82) is 0 Å². The molecule has 1 aromatic carbocycles. The van der Waals surface area contributed by atoms with Gasteiger partial charge in [0.05, 0.1) is 10.6 Å². The van der Waals surface area contributed by atoms with Crippen LogP contribution in [0.3, 0.4) is 0 Å². The van der Waals surface area contributed by atoms with Crippen molar-refractivity contribution in [3.63, 3.8) is 0 Å². The molecule has 0 aliphatic rings. The van der Waals surface area contributed by atoms with Crippen LogP contribution in [-0.4, -0.2) is 9.78 Å². The molecule has 1 heterocycles. The molecule has 0 radical (unpaired) electrons. The summed E-state index contributed by atoms with van der Waals surface area (Å²) in [4.78, 5) is 0.